The van der Waals surface area contributed by atoms with Crippen LogP contribution in [0.2, 0.25) is 0 Å². The zero-order valence-corrected chi connectivity index (χ0v) is 15.1. The Morgan fingerprint density at radius 3 is 2.95 bits per heavy atom. The van der Waals surface area contributed by atoms with E-state index >= 15 is 0 Å². The van der Waals surface area contributed by atoms with Gasteiger partial charge in [0.2, 0.25) is 0 Å². The average Bonchev–Trinajstić information content (AvgIpc) is 2.95. The monoisotopic (exact) mass is 363 g/mol. The van der Waals surface area contributed by atoms with Crippen LogP contribution < -0.4 is 5.32 Å². The SMILES string of the molecule is COC1CCN(CCSC2=NCc3ccccc3N2)C1.Cl.Cl. The molecule has 0 aliphatic carbocycles. The highest BCUT2D eigenvalue weighted by molar-refractivity contribution is 8.14. The van der Waals surface area contributed by atoms with Crippen molar-refractivity contribution in [1.82, 2.24) is 4.90 Å². The molecule has 2 heterocycles. The Balaban J connectivity index is 0.00000121. The fourth-order valence-corrected chi connectivity index (χ4v) is 3.52. The van der Waals surface area contributed by atoms with Crippen LogP contribution in [0.4, 0.5) is 5.69 Å². The lowest BCUT2D eigenvalue weighted by atomic mass is 10.1. The zero-order chi connectivity index (χ0) is 13.8. The number of amidine groups is 1. The molecule has 7 heteroatoms. The minimum Gasteiger partial charge on any atom is -0.380 e. The number of aliphatic imine (C=N–C) groups is 1. The molecule has 1 N–H and O–H groups in total. The lowest BCUT2D eigenvalue weighted by Crippen LogP contribution is -2.26. The molecule has 1 unspecified atom stereocenters. The van der Waals surface area contributed by atoms with Crippen LogP contribution in [0.1, 0.15) is 12.0 Å². The summed E-state index contributed by atoms with van der Waals surface area (Å²) in [6, 6.07) is 8.37. The van der Waals surface area contributed by atoms with Gasteiger partial charge in [-0.05, 0) is 18.1 Å². The van der Waals surface area contributed by atoms with Crippen molar-refractivity contribution in [3.63, 3.8) is 0 Å². The van der Waals surface area contributed by atoms with Gasteiger partial charge in [-0.3, -0.25) is 9.89 Å². The number of thioether (sulfide) groups is 1. The summed E-state index contributed by atoms with van der Waals surface area (Å²) in [4.78, 5) is 7.06. The maximum absolute atomic E-state index is 5.39. The standard InChI is InChI=1S/C15H21N3OS.2ClH/c1-19-13-6-7-18(11-13)8-9-20-15-16-10-12-4-2-3-5-14(12)17-15;;/h2-5,13H,6-11H2,1H3,(H,16,17);2*1H. The summed E-state index contributed by atoms with van der Waals surface area (Å²) in [7, 11) is 1.81. The van der Waals surface area contributed by atoms with Crippen molar-refractivity contribution in [2.24, 2.45) is 4.99 Å². The number of hydrogen-bond acceptors (Lipinski definition) is 5. The highest BCUT2D eigenvalue weighted by Crippen LogP contribution is 2.23. The number of ether oxygens (including phenoxy) is 1. The number of anilines is 1. The first-order valence-corrected chi connectivity index (χ1v) is 8.11. The molecule has 0 amide bonds. The predicted molar refractivity (Wildman–Crippen MR) is 100 cm³/mol. The lowest BCUT2D eigenvalue weighted by Gasteiger charge is -2.19. The van der Waals surface area contributed by atoms with Gasteiger partial charge in [0.15, 0.2) is 5.17 Å². The Labute approximate surface area is 148 Å². The number of fused-ring (bicyclic) bond motifs is 1. The molecule has 1 atom stereocenters. The molecular weight excluding hydrogens is 341 g/mol. The molecule has 2 aliphatic heterocycles. The van der Waals surface area contributed by atoms with Crippen LogP contribution in [-0.4, -0.2) is 48.7 Å². The topological polar surface area (TPSA) is 36.9 Å². The van der Waals surface area contributed by atoms with Crippen LogP contribution in [0.15, 0.2) is 29.3 Å². The normalized spacial score (nSPS) is 20.2. The minimum absolute atomic E-state index is 0. The Bertz CT molecular complexity index is 501. The summed E-state index contributed by atoms with van der Waals surface area (Å²) < 4.78 is 5.39. The summed E-state index contributed by atoms with van der Waals surface area (Å²) in [6.07, 6.45) is 1.59. The third kappa shape index (κ3) is 5.03. The van der Waals surface area contributed by atoms with Gasteiger partial charge in [0, 0.05) is 38.2 Å². The van der Waals surface area contributed by atoms with Gasteiger partial charge in [-0.1, -0.05) is 30.0 Å². The molecule has 2 aliphatic rings. The summed E-state index contributed by atoms with van der Waals surface area (Å²) in [6.45, 7) is 4.12. The predicted octanol–water partition coefficient (Wildman–Crippen LogP) is 3.27. The molecule has 124 valence electrons. The van der Waals surface area contributed by atoms with E-state index in [0.717, 1.165) is 43.5 Å². The second-order valence-corrected chi connectivity index (χ2v) is 6.28. The number of benzene rings is 1. The molecule has 1 aromatic carbocycles. The maximum Gasteiger partial charge on any atom is 0.161 e. The van der Waals surface area contributed by atoms with E-state index in [0.29, 0.717) is 6.10 Å². The van der Waals surface area contributed by atoms with E-state index < -0.39 is 0 Å². The molecule has 0 aromatic heterocycles. The smallest absolute Gasteiger partial charge is 0.161 e. The summed E-state index contributed by atoms with van der Waals surface area (Å²) in [5.74, 6) is 1.07. The van der Waals surface area contributed by atoms with Gasteiger partial charge >= 0.3 is 0 Å². The van der Waals surface area contributed by atoms with Gasteiger partial charge in [-0.15, -0.1) is 24.8 Å². The molecule has 0 bridgehead atoms. The Kier molecular flexibility index (Phi) is 8.57. The molecule has 0 radical (unpaired) electrons. The van der Waals surface area contributed by atoms with E-state index in [1.165, 1.54) is 11.3 Å². The van der Waals surface area contributed by atoms with E-state index in [2.05, 4.69) is 39.5 Å². The second kappa shape index (κ2) is 9.63. The van der Waals surface area contributed by atoms with Crippen molar-refractivity contribution >= 4 is 47.4 Å². The highest BCUT2D eigenvalue weighted by atomic mass is 35.5. The highest BCUT2D eigenvalue weighted by Gasteiger charge is 2.21. The molecule has 1 fully saturated rings. The zero-order valence-electron chi connectivity index (χ0n) is 12.7. The van der Waals surface area contributed by atoms with Gasteiger partial charge in [0.1, 0.15) is 0 Å². The van der Waals surface area contributed by atoms with Gasteiger partial charge in [-0.25, -0.2) is 0 Å². The fourth-order valence-electron chi connectivity index (χ4n) is 2.64. The van der Waals surface area contributed by atoms with E-state index in [-0.39, 0.29) is 24.8 Å². The number of nitrogens with one attached hydrogen (secondary N) is 1. The summed E-state index contributed by atoms with van der Waals surface area (Å²) >= 11 is 1.81. The molecule has 1 saturated heterocycles. The van der Waals surface area contributed by atoms with Crippen LogP contribution in [0.5, 0.6) is 0 Å². The van der Waals surface area contributed by atoms with Gasteiger partial charge in [-0.2, -0.15) is 0 Å². The quantitative estimate of drug-likeness (QED) is 0.890. The lowest BCUT2D eigenvalue weighted by molar-refractivity contribution is 0.109. The number of nitrogens with zero attached hydrogens (tertiary/aromatic N) is 2. The molecule has 3 rings (SSSR count). The average molecular weight is 364 g/mol. The van der Waals surface area contributed by atoms with Crippen LogP contribution >= 0.6 is 36.6 Å². The van der Waals surface area contributed by atoms with Crippen molar-refractivity contribution < 1.29 is 4.74 Å². The number of likely N-dealkylation sites (tertiary alicyclic amines) is 1. The number of rotatable bonds is 4. The van der Waals surface area contributed by atoms with Gasteiger partial charge < -0.3 is 10.1 Å². The van der Waals surface area contributed by atoms with E-state index in [9.17, 15) is 0 Å². The Morgan fingerprint density at radius 2 is 2.18 bits per heavy atom. The van der Waals surface area contributed by atoms with Crippen molar-refractivity contribution in [3.05, 3.63) is 29.8 Å². The molecule has 0 spiro atoms. The molecule has 0 saturated carbocycles. The molecule has 1 aromatic rings. The van der Waals surface area contributed by atoms with Gasteiger partial charge in [0.05, 0.1) is 12.6 Å². The first-order chi connectivity index (χ1) is 9.85. The van der Waals surface area contributed by atoms with E-state index in [1.54, 1.807) is 7.11 Å². The Hall–Kier alpha value is -0.460. The van der Waals surface area contributed by atoms with Crippen LogP contribution in [0.25, 0.3) is 0 Å². The molecule has 4 nitrogen and oxygen atoms in total. The van der Waals surface area contributed by atoms with Crippen LogP contribution in [0.3, 0.4) is 0 Å². The molecule has 22 heavy (non-hydrogen) atoms. The van der Waals surface area contributed by atoms with Gasteiger partial charge in [0.25, 0.3) is 0 Å². The number of para-hydroxylation sites is 1. The maximum atomic E-state index is 5.39. The largest absolute Gasteiger partial charge is 0.380 e. The van der Waals surface area contributed by atoms with E-state index in [4.69, 9.17) is 4.74 Å². The number of methoxy groups -OCH3 is 1. The fraction of sp³-hybridized carbons (Fsp3) is 0.533. The third-order valence-electron chi connectivity index (χ3n) is 3.86. The van der Waals surface area contributed by atoms with Crippen molar-refractivity contribution in [1.29, 1.82) is 0 Å². The van der Waals surface area contributed by atoms with Crippen LogP contribution in [0, 0.1) is 0 Å². The number of hydrogen-bond donors (Lipinski definition) is 1. The first-order valence-electron chi connectivity index (χ1n) is 7.12. The summed E-state index contributed by atoms with van der Waals surface area (Å²) in [5.41, 5.74) is 2.48. The van der Waals surface area contributed by atoms with E-state index in [1.807, 2.05) is 11.8 Å². The Morgan fingerprint density at radius 1 is 1.36 bits per heavy atom. The third-order valence-corrected chi connectivity index (χ3v) is 4.75. The van der Waals surface area contributed by atoms with Crippen molar-refractivity contribution in [2.75, 3.05) is 37.8 Å². The number of halogens is 2. The second-order valence-electron chi connectivity index (χ2n) is 5.20. The first kappa shape index (κ1) is 19.6. The summed E-state index contributed by atoms with van der Waals surface area (Å²) in [5, 5.41) is 4.46. The van der Waals surface area contributed by atoms with Crippen LogP contribution in [-0.2, 0) is 11.3 Å². The van der Waals surface area contributed by atoms with Crippen molar-refractivity contribution in [2.45, 2.75) is 19.1 Å². The molecular formula is C15H23Cl2N3OS. The minimum atomic E-state index is 0. The van der Waals surface area contributed by atoms with Crippen molar-refractivity contribution in [3.8, 4) is 0 Å².